The van der Waals surface area contributed by atoms with Crippen LogP contribution in [0.5, 0.6) is 0 Å². The molecule has 17 heavy (non-hydrogen) atoms. The number of hydrogen-bond acceptors (Lipinski definition) is 2. The van der Waals surface area contributed by atoms with Crippen LogP contribution >= 0.6 is 0 Å². The molecule has 2 heteroatoms. The third kappa shape index (κ3) is 1.85. The molecule has 0 bridgehead atoms. The highest BCUT2D eigenvalue weighted by molar-refractivity contribution is 5.95. The summed E-state index contributed by atoms with van der Waals surface area (Å²) in [5.41, 5.74) is 1.10. The Morgan fingerprint density at radius 3 is 2.71 bits per heavy atom. The number of hydrogen-bond donors (Lipinski definition) is 0. The fourth-order valence-electron chi connectivity index (χ4n) is 1.94. The van der Waals surface area contributed by atoms with Crippen molar-refractivity contribution < 1.29 is 0 Å². The van der Waals surface area contributed by atoms with Crippen molar-refractivity contribution in [1.29, 1.82) is 0 Å². The third-order valence-corrected chi connectivity index (χ3v) is 2.74. The van der Waals surface area contributed by atoms with Gasteiger partial charge in [0.15, 0.2) is 0 Å². The van der Waals surface area contributed by atoms with Gasteiger partial charge in [-0.3, -0.25) is 0 Å². The molecule has 0 aliphatic carbocycles. The fraction of sp³-hybridized carbons (Fsp3) is 0. The predicted molar refractivity (Wildman–Crippen MR) is 73.2 cm³/mol. The molecule has 0 saturated heterocycles. The van der Waals surface area contributed by atoms with Crippen molar-refractivity contribution in [3.8, 4) is 0 Å². The van der Waals surface area contributed by atoms with Crippen LogP contribution in [0.4, 0.5) is 5.69 Å². The van der Waals surface area contributed by atoms with Crippen molar-refractivity contribution in [2.24, 2.45) is 5.10 Å². The Kier molecular flexibility index (Phi) is 2.47. The van der Waals surface area contributed by atoms with Crippen LogP contribution in [-0.4, -0.2) is 6.21 Å². The second-order valence-electron chi connectivity index (χ2n) is 3.83. The summed E-state index contributed by atoms with van der Waals surface area (Å²) in [6.07, 6.45) is 9.62. The lowest BCUT2D eigenvalue weighted by Crippen LogP contribution is -2.06. The fourth-order valence-corrected chi connectivity index (χ4v) is 1.94. The number of rotatable bonds is 1. The molecule has 2 nitrogen and oxygen atoms in total. The van der Waals surface area contributed by atoms with E-state index < -0.39 is 0 Å². The monoisotopic (exact) mass is 220 g/mol. The lowest BCUT2D eigenvalue weighted by Gasteiger charge is -2.15. The molecule has 0 fully saturated rings. The SMILES string of the molecule is C1=CC=NN(c2cccc3ccccc23)C=C1. The van der Waals surface area contributed by atoms with Gasteiger partial charge < -0.3 is 0 Å². The van der Waals surface area contributed by atoms with E-state index in [1.54, 1.807) is 6.21 Å². The summed E-state index contributed by atoms with van der Waals surface area (Å²) in [6.45, 7) is 0. The zero-order valence-corrected chi connectivity index (χ0v) is 9.32. The first-order valence-electron chi connectivity index (χ1n) is 5.59. The number of allylic oxidation sites excluding steroid dienone is 3. The van der Waals surface area contributed by atoms with Crippen LogP contribution < -0.4 is 5.01 Å². The molecule has 0 unspecified atom stereocenters. The molecular weight excluding hydrogens is 208 g/mol. The van der Waals surface area contributed by atoms with Crippen molar-refractivity contribution in [2.45, 2.75) is 0 Å². The maximum absolute atomic E-state index is 4.38. The Morgan fingerprint density at radius 1 is 0.824 bits per heavy atom. The molecule has 0 saturated carbocycles. The Hall–Kier alpha value is -2.35. The summed E-state index contributed by atoms with van der Waals surface area (Å²) in [5, 5.41) is 8.70. The number of hydrazone groups is 1. The maximum atomic E-state index is 4.38. The second kappa shape index (κ2) is 4.26. The normalized spacial score (nSPS) is 14.2. The van der Waals surface area contributed by atoms with Crippen molar-refractivity contribution in [3.63, 3.8) is 0 Å². The quantitative estimate of drug-likeness (QED) is 0.715. The zero-order valence-electron chi connectivity index (χ0n) is 9.32. The van der Waals surface area contributed by atoms with Crippen LogP contribution in [0.25, 0.3) is 10.8 Å². The molecule has 1 aliphatic heterocycles. The van der Waals surface area contributed by atoms with Crippen LogP contribution in [0.1, 0.15) is 0 Å². The molecule has 2 aromatic carbocycles. The third-order valence-electron chi connectivity index (χ3n) is 2.74. The summed E-state index contributed by atoms with van der Waals surface area (Å²) in [4.78, 5) is 0. The molecule has 0 amide bonds. The summed E-state index contributed by atoms with van der Waals surface area (Å²) in [5.74, 6) is 0. The van der Waals surface area contributed by atoms with Crippen molar-refractivity contribution in [1.82, 2.24) is 0 Å². The van der Waals surface area contributed by atoms with Crippen molar-refractivity contribution in [2.75, 3.05) is 5.01 Å². The molecule has 3 rings (SSSR count). The van der Waals surface area contributed by atoms with Gasteiger partial charge in [0, 0.05) is 17.8 Å². The Balaban J connectivity index is 2.17. The number of fused-ring (bicyclic) bond motifs is 1. The van der Waals surface area contributed by atoms with E-state index >= 15 is 0 Å². The van der Waals surface area contributed by atoms with Gasteiger partial charge in [0.25, 0.3) is 0 Å². The molecule has 2 aromatic rings. The van der Waals surface area contributed by atoms with Crippen LogP contribution in [-0.2, 0) is 0 Å². The molecule has 0 atom stereocenters. The minimum atomic E-state index is 1.10. The van der Waals surface area contributed by atoms with Gasteiger partial charge in [-0.15, -0.1) is 0 Å². The van der Waals surface area contributed by atoms with Gasteiger partial charge >= 0.3 is 0 Å². The Labute approximate surface area is 100 Å². The van der Waals surface area contributed by atoms with E-state index in [1.165, 1.54) is 10.8 Å². The molecule has 1 heterocycles. The summed E-state index contributed by atoms with van der Waals surface area (Å²) in [7, 11) is 0. The van der Waals surface area contributed by atoms with Gasteiger partial charge in [-0.1, -0.05) is 42.5 Å². The van der Waals surface area contributed by atoms with E-state index in [2.05, 4.69) is 47.6 Å². The number of nitrogens with zero attached hydrogens (tertiary/aromatic N) is 2. The van der Waals surface area contributed by atoms with Crippen LogP contribution in [0.2, 0.25) is 0 Å². The highest BCUT2D eigenvalue weighted by Gasteiger charge is 2.05. The largest absolute Gasteiger partial charge is 0.240 e. The van der Waals surface area contributed by atoms with Gasteiger partial charge in [0.2, 0.25) is 0 Å². The highest BCUT2D eigenvalue weighted by atomic mass is 15.4. The van der Waals surface area contributed by atoms with Crippen LogP contribution in [0.15, 0.2) is 72.0 Å². The number of benzene rings is 2. The maximum Gasteiger partial charge on any atom is 0.0723 e. The average molecular weight is 220 g/mol. The highest BCUT2D eigenvalue weighted by Crippen LogP contribution is 2.27. The van der Waals surface area contributed by atoms with Crippen LogP contribution in [0.3, 0.4) is 0 Å². The van der Waals surface area contributed by atoms with Crippen molar-refractivity contribution in [3.05, 3.63) is 66.9 Å². The van der Waals surface area contributed by atoms with E-state index in [0.29, 0.717) is 0 Å². The zero-order chi connectivity index (χ0) is 11.5. The van der Waals surface area contributed by atoms with Gasteiger partial charge in [-0.2, -0.15) is 5.10 Å². The lowest BCUT2D eigenvalue weighted by molar-refractivity contribution is 1.10. The molecule has 0 N–H and O–H groups in total. The first-order valence-corrected chi connectivity index (χ1v) is 5.59. The Morgan fingerprint density at radius 2 is 1.71 bits per heavy atom. The minimum Gasteiger partial charge on any atom is -0.240 e. The smallest absolute Gasteiger partial charge is 0.0723 e. The summed E-state index contributed by atoms with van der Waals surface area (Å²) >= 11 is 0. The summed E-state index contributed by atoms with van der Waals surface area (Å²) in [6, 6.07) is 14.6. The van der Waals surface area contributed by atoms with E-state index in [1.807, 2.05) is 29.4 Å². The van der Waals surface area contributed by atoms with E-state index in [9.17, 15) is 0 Å². The van der Waals surface area contributed by atoms with E-state index in [4.69, 9.17) is 0 Å². The Bertz CT molecular complexity index is 602. The minimum absolute atomic E-state index is 1.10. The van der Waals surface area contributed by atoms with Crippen molar-refractivity contribution >= 4 is 22.7 Å². The van der Waals surface area contributed by atoms with Gasteiger partial charge in [0.05, 0.1) is 5.69 Å². The van der Waals surface area contributed by atoms with Gasteiger partial charge in [-0.05, 0) is 23.6 Å². The first kappa shape index (κ1) is 9.85. The number of anilines is 1. The molecule has 82 valence electrons. The standard InChI is InChI=1S/C15H12N2/c1-4-11-16-17(12-5-1)15-10-6-8-13-7-2-3-9-14(13)15/h1-12H. The molecule has 0 spiro atoms. The summed E-state index contributed by atoms with van der Waals surface area (Å²) < 4.78 is 0. The second-order valence-corrected chi connectivity index (χ2v) is 3.83. The first-order chi connectivity index (χ1) is 8.45. The topological polar surface area (TPSA) is 15.6 Å². The predicted octanol–water partition coefficient (Wildman–Crippen LogP) is 3.72. The van der Waals surface area contributed by atoms with Crippen LogP contribution in [0, 0.1) is 0 Å². The van der Waals surface area contributed by atoms with E-state index in [-0.39, 0.29) is 0 Å². The molecule has 1 aliphatic rings. The average Bonchev–Trinajstić information content (AvgIpc) is 2.67. The van der Waals surface area contributed by atoms with Gasteiger partial charge in [0.1, 0.15) is 0 Å². The lowest BCUT2D eigenvalue weighted by atomic mass is 10.1. The van der Waals surface area contributed by atoms with E-state index in [0.717, 1.165) is 5.69 Å². The van der Waals surface area contributed by atoms with Gasteiger partial charge in [-0.25, -0.2) is 5.01 Å². The molecule has 0 aromatic heterocycles. The molecule has 0 radical (unpaired) electrons. The molecular formula is C15H12N2.